The van der Waals surface area contributed by atoms with Crippen LogP contribution in [0, 0.1) is 0 Å². The van der Waals surface area contributed by atoms with Gasteiger partial charge < -0.3 is 9.88 Å². The lowest BCUT2D eigenvalue weighted by molar-refractivity contribution is 0.361. The van der Waals surface area contributed by atoms with Crippen molar-refractivity contribution >= 4 is 0 Å². The van der Waals surface area contributed by atoms with Crippen molar-refractivity contribution in [3.05, 3.63) is 48.3 Å². The van der Waals surface area contributed by atoms with Crippen LogP contribution in [-0.2, 0) is 6.42 Å². The Morgan fingerprint density at radius 3 is 2.94 bits per heavy atom. The molecule has 0 aromatic carbocycles. The molecule has 0 radical (unpaired) electrons. The van der Waals surface area contributed by atoms with Crippen molar-refractivity contribution in [1.82, 2.24) is 19.9 Å². The van der Waals surface area contributed by atoms with Crippen LogP contribution >= 0.6 is 0 Å². The first-order valence-electron chi connectivity index (χ1n) is 6.55. The SMILES string of the molecule is c1cncc(Cc2nccn2C2CCNCC2)c1. The maximum atomic E-state index is 4.50. The first-order valence-corrected chi connectivity index (χ1v) is 6.55. The number of pyridine rings is 1. The molecule has 2 aromatic heterocycles. The van der Waals surface area contributed by atoms with Crippen molar-refractivity contribution < 1.29 is 0 Å². The monoisotopic (exact) mass is 242 g/mol. The van der Waals surface area contributed by atoms with E-state index in [-0.39, 0.29) is 0 Å². The number of piperidine rings is 1. The minimum Gasteiger partial charge on any atom is -0.332 e. The lowest BCUT2D eigenvalue weighted by atomic mass is 10.1. The molecule has 0 spiro atoms. The molecule has 0 bridgehead atoms. The third-order valence-corrected chi connectivity index (χ3v) is 3.54. The molecule has 1 aliphatic rings. The molecule has 94 valence electrons. The number of aromatic nitrogens is 3. The number of hydrogen-bond acceptors (Lipinski definition) is 3. The predicted octanol–water partition coefficient (Wildman–Crippen LogP) is 1.79. The van der Waals surface area contributed by atoms with Crippen LogP contribution in [0.2, 0.25) is 0 Å². The minimum atomic E-state index is 0.598. The van der Waals surface area contributed by atoms with Crippen LogP contribution in [0.1, 0.15) is 30.3 Å². The molecule has 1 saturated heterocycles. The van der Waals surface area contributed by atoms with Gasteiger partial charge in [-0.25, -0.2) is 4.98 Å². The second-order valence-corrected chi connectivity index (χ2v) is 4.77. The average molecular weight is 242 g/mol. The Kier molecular flexibility index (Phi) is 3.37. The van der Waals surface area contributed by atoms with Crippen LogP contribution in [0.4, 0.5) is 0 Å². The van der Waals surface area contributed by atoms with Gasteiger partial charge in [0.1, 0.15) is 5.82 Å². The van der Waals surface area contributed by atoms with Crippen LogP contribution in [0.15, 0.2) is 36.9 Å². The van der Waals surface area contributed by atoms with E-state index < -0.39 is 0 Å². The quantitative estimate of drug-likeness (QED) is 0.892. The van der Waals surface area contributed by atoms with Crippen LogP contribution in [0.25, 0.3) is 0 Å². The second-order valence-electron chi connectivity index (χ2n) is 4.77. The molecule has 1 N–H and O–H groups in total. The van der Waals surface area contributed by atoms with Crippen molar-refractivity contribution in [3.8, 4) is 0 Å². The Morgan fingerprint density at radius 1 is 1.28 bits per heavy atom. The Hall–Kier alpha value is -1.68. The number of hydrogen-bond donors (Lipinski definition) is 1. The third kappa shape index (κ3) is 2.43. The molecule has 0 saturated carbocycles. The molecule has 4 nitrogen and oxygen atoms in total. The largest absolute Gasteiger partial charge is 0.332 e. The van der Waals surface area contributed by atoms with Gasteiger partial charge in [-0.15, -0.1) is 0 Å². The standard InChI is InChI=1S/C14H18N4/c1-2-12(11-16-5-1)10-14-17-8-9-18(14)13-3-6-15-7-4-13/h1-2,5,8-9,11,13,15H,3-4,6-7,10H2. The number of nitrogens with one attached hydrogen (secondary N) is 1. The summed E-state index contributed by atoms with van der Waals surface area (Å²) in [5, 5.41) is 3.40. The zero-order valence-corrected chi connectivity index (χ0v) is 10.4. The van der Waals surface area contributed by atoms with E-state index in [1.807, 2.05) is 24.7 Å². The highest BCUT2D eigenvalue weighted by Crippen LogP contribution is 2.21. The fourth-order valence-corrected chi connectivity index (χ4v) is 2.58. The number of imidazole rings is 1. The summed E-state index contributed by atoms with van der Waals surface area (Å²) in [4.78, 5) is 8.66. The Balaban J connectivity index is 1.78. The molecule has 1 fully saturated rings. The maximum absolute atomic E-state index is 4.50. The average Bonchev–Trinajstić information content (AvgIpc) is 2.89. The molecule has 4 heteroatoms. The van der Waals surface area contributed by atoms with Gasteiger partial charge in [0.15, 0.2) is 0 Å². The highest BCUT2D eigenvalue weighted by atomic mass is 15.1. The molecule has 0 unspecified atom stereocenters. The van der Waals surface area contributed by atoms with E-state index >= 15 is 0 Å². The van der Waals surface area contributed by atoms with Gasteiger partial charge in [0.05, 0.1) is 0 Å². The molecule has 2 aromatic rings. The zero-order valence-electron chi connectivity index (χ0n) is 10.4. The lowest BCUT2D eigenvalue weighted by Crippen LogP contribution is -2.29. The van der Waals surface area contributed by atoms with Crippen LogP contribution < -0.4 is 5.32 Å². The fraction of sp³-hybridized carbons (Fsp3) is 0.429. The molecule has 3 heterocycles. The van der Waals surface area contributed by atoms with Gasteiger partial charge in [-0.1, -0.05) is 6.07 Å². The summed E-state index contributed by atoms with van der Waals surface area (Å²) < 4.78 is 2.34. The van der Waals surface area contributed by atoms with Crippen molar-refractivity contribution in [3.63, 3.8) is 0 Å². The van der Waals surface area contributed by atoms with Gasteiger partial charge in [0.2, 0.25) is 0 Å². The fourth-order valence-electron chi connectivity index (χ4n) is 2.58. The highest BCUT2D eigenvalue weighted by Gasteiger charge is 2.17. The van der Waals surface area contributed by atoms with Gasteiger partial charge >= 0.3 is 0 Å². The summed E-state index contributed by atoms with van der Waals surface area (Å²) in [5.74, 6) is 1.15. The molecule has 1 aliphatic heterocycles. The minimum absolute atomic E-state index is 0.598. The summed E-state index contributed by atoms with van der Waals surface area (Å²) >= 11 is 0. The predicted molar refractivity (Wildman–Crippen MR) is 70.4 cm³/mol. The number of rotatable bonds is 3. The van der Waals surface area contributed by atoms with E-state index in [9.17, 15) is 0 Å². The van der Waals surface area contributed by atoms with Crippen LogP contribution in [0.5, 0.6) is 0 Å². The van der Waals surface area contributed by atoms with Crippen molar-refractivity contribution in [2.45, 2.75) is 25.3 Å². The topological polar surface area (TPSA) is 42.7 Å². The molecule has 0 aliphatic carbocycles. The lowest BCUT2D eigenvalue weighted by Gasteiger charge is -2.25. The van der Waals surface area contributed by atoms with Gasteiger partial charge in [-0.2, -0.15) is 0 Å². The summed E-state index contributed by atoms with van der Waals surface area (Å²) in [6.45, 7) is 2.21. The van der Waals surface area contributed by atoms with E-state index in [1.54, 1.807) is 0 Å². The first-order chi connectivity index (χ1) is 8.93. The molecule has 18 heavy (non-hydrogen) atoms. The summed E-state index contributed by atoms with van der Waals surface area (Å²) in [6.07, 6.45) is 11.0. The first kappa shape index (κ1) is 11.4. The zero-order chi connectivity index (χ0) is 12.2. The van der Waals surface area contributed by atoms with Gasteiger partial charge in [0.25, 0.3) is 0 Å². The van der Waals surface area contributed by atoms with Gasteiger partial charge in [-0.05, 0) is 37.6 Å². The highest BCUT2D eigenvalue weighted by molar-refractivity contribution is 5.15. The Labute approximate surface area is 107 Å². The molecular formula is C14H18N4. The summed E-state index contributed by atoms with van der Waals surface area (Å²) in [6, 6.07) is 4.68. The normalized spacial score (nSPS) is 16.9. The summed E-state index contributed by atoms with van der Waals surface area (Å²) in [7, 11) is 0. The second kappa shape index (κ2) is 5.31. The molecule has 0 atom stereocenters. The van der Waals surface area contributed by atoms with Crippen LogP contribution in [-0.4, -0.2) is 27.6 Å². The molecule has 0 amide bonds. The van der Waals surface area contributed by atoms with Gasteiger partial charge in [-0.3, -0.25) is 4.98 Å². The van der Waals surface area contributed by atoms with Gasteiger partial charge in [0, 0.05) is 37.3 Å². The van der Waals surface area contributed by atoms with E-state index in [4.69, 9.17) is 0 Å². The van der Waals surface area contributed by atoms with Crippen molar-refractivity contribution in [1.29, 1.82) is 0 Å². The van der Waals surface area contributed by atoms with Crippen molar-refractivity contribution in [2.24, 2.45) is 0 Å². The molecule has 3 rings (SSSR count). The third-order valence-electron chi connectivity index (χ3n) is 3.54. The van der Waals surface area contributed by atoms with Crippen LogP contribution in [0.3, 0.4) is 0 Å². The van der Waals surface area contributed by atoms with E-state index in [1.165, 1.54) is 18.4 Å². The Bertz CT molecular complexity index is 486. The van der Waals surface area contributed by atoms with E-state index in [2.05, 4.69) is 32.1 Å². The van der Waals surface area contributed by atoms with E-state index in [0.717, 1.165) is 25.3 Å². The smallest absolute Gasteiger partial charge is 0.113 e. The maximum Gasteiger partial charge on any atom is 0.113 e. The summed E-state index contributed by atoms with van der Waals surface area (Å²) in [5.41, 5.74) is 1.22. The molecular weight excluding hydrogens is 224 g/mol. The number of nitrogens with zero attached hydrogens (tertiary/aromatic N) is 3. The Morgan fingerprint density at radius 2 is 2.17 bits per heavy atom. The van der Waals surface area contributed by atoms with E-state index in [0.29, 0.717) is 6.04 Å². The van der Waals surface area contributed by atoms with Crippen molar-refractivity contribution in [2.75, 3.05) is 13.1 Å².